The van der Waals surface area contributed by atoms with Crippen molar-refractivity contribution in [3.05, 3.63) is 29.3 Å². The van der Waals surface area contributed by atoms with Crippen molar-refractivity contribution in [2.45, 2.75) is 12.4 Å². The number of alkyl halides is 6. The molecule has 1 N–H and O–H groups in total. The van der Waals surface area contributed by atoms with Gasteiger partial charge in [0.1, 0.15) is 0 Å². The van der Waals surface area contributed by atoms with E-state index in [-0.39, 0.29) is 12.1 Å². The second-order valence-corrected chi connectivity index (χ2v) is 2.76. The van der Waals surface area contributed by atoms with Crippen LogP contribution >= 0.6 is 0 Å². The Labute approximate surface area is 80.5 Å². The smallest absolute Gasteiger partial charge is 0.300 e. The van der Waals surface area contributed by atoms with Crippen LogP contribution in [0.1, 0.15) is 11.1 Å². The van der Waals surface area contributed by atoms with Crippen molar-refractivity contribution in [1.29, 1.82) is 0 Å². The summed E-state index contributed by atoms with van der Waals surface area (Å²) < 4.78 is 72.3. The molecule has 0 atom stereocenters. The lowest BCUT2D eigenvalue weighted by Gasteiger charge is -2.12. The highest BCUT2D eigenvalue weighted by Gasteiger charge is 2.36. The third-order valence-corrected chi connectivity index (χ3v) is 1.65. The molecule has 0 aliphatic rings. The Kier molecular flexibility index (Phi) is 2.58. The van der Waals surface area contributed by atoms with Crippen LogP contribution in [0.4, 0.5) is 32.0 Å². The number of benzene rings is 1. The van der Waals surface area contributed by atoms with Gasteiger partial charge in [-0.05, 0) is 18.2 Å². The Morgan fingerprint density at radius 2 is 1.40 bits per heavy atom. The van der Waals surface area contributed by atoms with Crippen molar-refractivity contribution in [3.63, 3.8) is 0 Å². The van der Waals surface area contributed by atoms with Gasteiger partial charge in [-0.3, -0.25) is 0 Å². The maximum absolute atomic E-state index is 12.1. The average molecular weight is 228 g/mol. The Morgan fingerprint density at radius 3 is 1.73 bits per heavy atom. The molecule has 1 nitrogen and oxygen atoms in total. The van der Waals surface area contributed by atoms with Crippen molar-refractivity contribution in [3.8, 4) is 0 Å². The van der Waals surface area contributed by atoms with Gasteiger partial charge in [-0.2, -0.15) is 26.3 Å². The van der Waals surface area contributed by atoms with E-state index in [4.69, 9.17) is 5.73 Å². The molecule has 1 aromatic rings. The summed E-state index contributed by atoms with van der Waals surface area (Å²) in [6.45, 7) is 0. The van der Waals surface area contributed by atoms with E-state index >= 15 is 0 Å². The van der Waals surface area contributed by atoms with Gasteiger partial charge in [0, 0.05) is 0 Å². The van der Waals surface area contributed by atoms with Crippen LogP contribution in [0.5, 0.6) is 0 Å². The summed E-state index contributed by atoms with van der Waals surface area (Å²) in [6.07, 6.45) is -9.54. The lowest BCUT2D eigenvalue weighted by molar-refractivity contribution is -0.141. The lowest BCUT2D eigenvalue weighted by Crippen LogP contribution is -2.09. The normalized spacial score (nSPS) is 12.9. The van der Waals surface area contributed by atoms with Gasteiger partial charge in [0.15, 0.2) is 0 Å². The summed E-state index contributed by atoms with van der Waals surface area (Å²) in [6, 6.07) is 0.717. The highest BCUT2D eigenvalue weighted by molar-refractivity contribution is 5.48. The predicted molar refractivity (Wildman–Crippen MR) is 39.2 cm³/mol. The molecule has 0 unspecified atom stereocenters. The van der Waals surface area contributed by atoms with Gasteiger partial charge in [-0.25, -0.2) is 0 Å². The minimum atomic E-state index is -4.80. The molecule has 83 valence electrons. The maximum atomic E-state index is 12.1. The number of hydrogen-bond acceptors (Lipinski definition) is 0. The van der Waals surface area contributed by atoms with Gasteiger partial charge in [-0.15, -0.1) is 0 Å². The van der Waals surface area contributed by atoms with E-state index in [9.17, 15) is 26.3 Å². The second kappa shape index (κ2) is 3.32. The second-order valence-electron chi connectivity index (χ2n) is 2.76. The van der Waals surface area contributed by atoms with E-state index in [0.717, 1.165) is 0 Å². The minimum absolute atomic E-state index is 0.156. The van der Waals surface area contributed by atoms with Gasteiger partial charge in [0.05, 0.1) is 16.8 Å². The first-order valence-corrected chi connectivity index (χ1v) is 3.62. The Morgan fingerprint density at radius 1 is 0.867 bits per heavy atom. The van der Waals surface area contributed by atoms with Crippen LogP contribution in [0.2, 0.25) is 0 Å². The van der Waals surface area contributed by atoms with Crippen LogP contribution in [-0.4, -0.2) is 0 Å². The third kappa shape index (κ3) is 2.54. The number of rotatable bonds is 0. The Bertz CT molecular complexity index is 364. The molecule has 0 saturated heterocycles. The van der Waals surface area contributed by atoms with E-state index in [1.807, 2.05) is 0 Å². The van der Waals surface area contributed by atoms with Crippen LogP contribution in [0, 0.1) is 0 Å². The predicted octanol–water partition coefficient (Wildman–Crippen LogP) is 3.64. The van der Waals surface area contributed by atoms with Crippen LogP contribution in [0.25, 0.3) is 0 Å². The summed E-state index contributed by atoms with van der Waals surface area (Å²) in [4.78, 5) is 0. The van der Waals surface area contributed by atoms with Crippen molar-refractivity contribution in [2.75, 3.05) is 0 Å². The molecule has 0 fully saturated rings. The average Bonchev–Trinajstić information content (AvgIpc) is 1.99. The highest BCUT2D eigenvalue weighted by atomic mass is 19.4. The minimum Gasteiger partial charge on any atom is -0.300 e. The zero-order chi connectivity index (χ0) is 11.9. The first-order valence-electron chi connectivity index (χ1n) is 3.62. The standard InChI is InChI=1S/C8H4F6N/c9-7(10,11)4-1-2-5(6(15)3-4)8(12,13)14/h1-3,15H. The molecule has 0 aliphatic carbocycles. The third-order valence-electron chi connectivity index (χ3n) is 1.65. The molecule has 0 bridgehead atoms. The molecule has 0 aromatic heterocycles. The van der Waals surface area contributed by atoms with Crippen molar-refractivity contribution in [1.82, 2.24) is 5.73 Å². The lowest BCUT2D eigenvalue weighted by atomic mass is 10.1. The highest BCUT2D eigenvalue weighted by Crippen LogP contribution is 2.37. The summed E-state index contributed by atoms with van der Waals surface area (Å²) >= 11 is 0. The number of nitrogens with one attached hydrogen (secondary N) is 1. The fourth-order valence-electron chi connectivity index (χ4n) is 0.968. The molecule has 0 heterocycles. The van der Waals surface area contributed by atoms with Crippen LogP contribution in [-0.2, 0) is 12.4 Å². The van der Waals surface area contributed by atoms with E-state index in [1.54, 1.807) is 0 Å². The molecule has 1 aromatic carbocycles. The van der Waals surface area contributed by atoms with Crippen molar-refractivity contribution >= 4 is 5.69 Å². The van der Waals surface area contributed by atoms with Crippen molar-refractivity contribution < 1.29 is 26.3 Å². The summed E-state index contributed by atoms with van der Waals surface area (Å²) in [5.74, 6) is 0. The van der Waals surface area contributed by atoms with E-state index in [1.165, 1.54) is 0 Å². The Balaban J connectivity index is 3.21. The molecular formula is C8H4F6N. The SMILES string of the molecule is [NH]c1cc(C(F)(F)F)ccc1C(F)(F)F. The Hall–Kier alpha value is -1.40. The van der Waals surface area contributed by atoms with E-state index in [2.05, 4.69) is 0 Å². The first kappa shape index (κ1) is 11.7. The molecule has 1 rings (SSSR count). The molecule has 15 heavy (non-hydrogen) atoms. The molecule has 7 heteroatoms. The molecular weight excluding hydrogens is 224 g/mol. The first-order chi connectivity index (χ1) is 6.62. The molecule has 1 radical (unpaired) electrons. The van der Waals surface area contributed by atoms with Crippen LogP contribution in [0.3, 0.4) is 0 Å². The molecule has 0 amide bonds. The molecule has 0 spiro atoms. The van der Waals surface area contributed by atoms with Gasteiger partial charge in [-0.1, -0.05) is 0 Å². The maximum Gasteiger partial charge on any atom is 0.418 e. The van der Waals surface area contributed by atoms with Gasteiger partial charge < -0.3 is 5.73 Å². The molecule has 0 aliphatic heterocycles. The fourth-order valence-corrected chi connectivity index (χ4v) is 0.968. The quantitative estimate of drug-likeness (QED) is 0.605. The summed E-state index contributed by atoms with van der Waals surface area (Å²) in [5.41, 5.74) is 3.00. The number of halogens is 6. The van der Waals surface area contributed by atoms with E-state index < -0.39 is 29.2 Å². The van der Waals surface area contributed by atoms with Crippen molar-refractivity contribution in [2.24, 2.45) is 0 Å². The number of hydrogen-bond donors (Lipinski definition) is 0. The van der Waals surface area contributed by atoms with Gasteiger partial charge in [0.2, 0.25) is 0 Å². The van der Waals surface area contributed by atoms with E-state index in [0.29, 0.717) is 6.07 Å². The topological polar surface area (TPSA) is 23.8 Å². The van der Waals surface area contributed by atoms with Crippen LogP contribution in [0.15, 0.2) is 18.2 Å². The summed E-state index contributed by atoms with van der Waals surface area (Å²) in [5, 5.41) is 0. The zero-order valence-electron chi connectivity index (χ0n) is 7.00. The van der Waals surface area contributed by atoms with Gasteiger partial charge in [0.25, 0.3) is 0 Å². The largest absolute Gasteiger partial charge is 0.418 e. The fraction of sp³-hybridized carbons (Fsp3) is 0.250. The van der Waals surface area contributed by atoms with Crippen LogP contribution < -0.4 is 5.73 Å². The monoisotopic (exact) mass is 228 g/mol. The van der Waals surface area contributed by atoms with Gasteiger partial charge >= 0.3 is 12.4 Å². The summed E-state index contributed by atoms with van der Waals surface area (Å²) in [7, 11) is 0. The molecule has 0 saturated carbocycles. The zero-order valence-corrected chi connectivity index (χ0v) is 7.00.